The predicted octanol–water partition coefficient (Wildman–Crippen LogP) is 2.41. The van der Waals surface area contributed by atoms with Gasteiger partial charge in [-0.05, 0) is 28.8 Å². The van der Waals surface area contributed by atoms with Crippen molar-refractivity contribution in [2.75, 3.05) is 0 Å². The zero-order valence-corrected chi connectivity index (χ0v) is 9.19. The minimum atomic E-state index is -0.799. The van der Waals surface area contributed by atoms with Crippen LogP contribution < -0.4 is 0 Å². The van der Waals surface area contributed by atoms with E-state index in [0.29, 0.717) is 10.5 Å². The van der Waals surface area contributed by atoms with Crippen molar-refractivity contribution in [3.8, 4) is 0 Å². The van der Waals surface area contributed by atoms with Crippen molar-refractivity contribution in [2.45, 2.75) is 25.2 Å². The lowest BCUT2D eigenvalue weighted by Gasteiger charge is -1.88. The van der Waals surface area contributed by atoms with Crippen LogP contribution in [0.25, 0.3) is 0 Å². The van der Waals surface area contributed by atoms with E-state index in [1.807, 2.05) is 0 Å². The summed E-state index contributed by atoms with van der Waals surface area (Å²) in [6.45, 7) is 0. The predicted molar refractivity (Wildman–Crippen MR) is 53.1 cm³/mol. The summed E-state index contributed by atoms with van der Waals surface area (Å²) >= 11 is 4.80. The van der Waals surface area contributed by atoms with Gasteiger partial charge in [0.15, 0.2) is 0 Å². The van der Waals surface area contributed by atoms with Crippen LogP contribution in [0.2, 0.25) is 0 Å². The molecule has 0 unspecified atom stereocenters. The highest BCUT2D eigenvalue weighted by Gasteiger charge is 2.28. The highest BCUT2D eigenvalue weighted by molar-refractivity contribution is 9.10. The summed E-state index contributed by atoms with van der Waals surface area (Å²) in [6, 6.07) is 0. The Hall–Kier alpha value is -0.420. The lowest BCUT2D eigenvalue weighted by Crippen LogP contribution is -1.98. The fraction of sp³-hybridized carbons (Fsp3) is 0.500. The number of aliphatic carboxylic acids is 1. The van der Waals surface area contributed by atoms with Crippen molar-refractivity contribution < 1.29 is 9.90 Å². The second-order valence-corrected chi connectivity index (χ2v) is 4.98. The standard InChI is InChI=1S/C8H8BrNO2S/c9-7-5(3-6(11)12)13-8(10-7)4-1-2-4/h4H,1-3H2,(H,11,12). The largest absolute Gasteiger partial charge is 0.481 e. The molecule has 0 aromatic carbocycles. The maximum absolute atomic E-state index is 10.5. The average Bonchev–Trinajstić information content (AvgIpc) is 2.79. The molecule has 1 aliphatic carbocycles. The summed E-state index contributed by atoms with van der Waals surface area (Å²) < 4.78 is 0.710. The second kappa shape index (κ2) is 3.38. The Kier molecular flexibility index (Phi) is 2.38. The molecule has 1 aliphatic rings. The summed E-state index contributed by atoms with van der Waals surface area (Å²) in [4.78, 5) is 15.6. The summed E-state index contributed by atoms with van der Waals surface area (Å²) in [7, 11) is 0. The van der Waals surface area contributed by atoms with Crippen LogP contribution in [0.4, 0.5) is 0 Å². The van der Waals surface area contributed by atoms with Gasteiger partial charge in [-0.25, -0.2) is 4.98 Å². The Labute approximate surface area is 87.9 Å². The van der Waals surface area contributed by atoms with E-state index in [-0.39, 0.29) is 6.42 Å². The van der Waals surface area contributed by atoms with E-state index in [1.165, 1.54) is 24.2 Å². The lowest BCUT2D eigenvalue weighted by molar-refractivity contribution is -0.136. The van der Waals surface area contributed by atoms with Crippen molar-refractivity contribution in [3.63, 3.8) is 0 Å². The molecule has 0 atom stereocenters. The molecular weight excluding hydrogens is 254 g/mol. The van der Waals surface area contributed by atoms with Crippen LogP contribution >= 0.6 is 27.3 Å². The molecule has 0 radical (unpaired) electrons. The van der Waals surface area contributed by atoms with Crippen LogP contribution in [-0.4, -0.2) is 16.1 Å². The first-order chi connectivity index (χ1) is 6.16. The molecule has 1 N–H and O–H groups in total. The zero-order chi connectivity index (χ0) is 9.42. The highest BCUT2D eigenvalue weighted by Crippen LogP contribution is 2.43. The molecule has 0 amide bonds. The minimum absolute atomic E-state index is 0.0744. The van der Waals surface area contributed by atoms with Crippen LogP contribution in [0.15, 0.2) is 4.60 Å². The number of halogens is 1. The van der Waals surface area contributed by atoms with Gasteiger partial charge in [-0.3, -0.25) is 4.79 Å². The van der Waals surface area contributed by atoms with E-state index in [2.05, 4.69) is 20.9 Å². The third kappa shape index (κ3) is 2.08. The van der Waals surface area contributed by atoms with Gasteiger partial charge in [-0.2, -0.15) is 0 Å². The first kappa shape index (κ1) is 9.15. The molecule has 70 valence electrons. The van der Waals surface area contributed by atoms with Gasteiger partial charge in [0, 0.05) is 5.92 Å². The van der Waals surface area contributed by atoms with E-state index in [4.69, 9.17) is 5.11 Å². The average molecular weight is 262 g/mol. The molecule has 0 bridgehead atoms. The molecule has 1 aromatic heterocycles. The molecule has 3 nitrogen and oxygen atoms in total. The molecule has 1 heterocycles. The quantitative estimate of drug-likeness (QED) is 0.910. The number of carboxylic acids is 1. The molecular formula is C8H8BrNO2S. The Balaban J connectivity index is 2.19. The Morgan fingerprint density at radius 3 is 2.92 bits per heavy atom. The summed E-state index contributed by atoms with van der Waals surface area (Å²) in [5.74, 6) is -0.199. The smallest absolute Gasteiger partial charge is 0.308 e. The third-order valence-corrected chi connectivity index (χ3v) is 4.04. The number of thiazole rings is 1. The van der Waals surface area contributed by atoms with E-state index in [0.717, 1.165) is 9.88 Å². The number of carboxylic acid groups (broad SMARTS) is 1. The molecule has 0 saturated heterocycles. The third-order valence-electron chi connectivity index (χ3n) is 1.90. The highest BCUT2D eigenvalue weighted by atomic mass is 79.9. The number of hydrogen-bond acceptors (Lipinski definition) is 3. The van der Waals surface area contributed by atoms with Crippen molar-refractivity contribution in [2.24, 2.45) is 0 Å². The molecule has 5 heteroatoms. The summed E-state index contributed by atoms with van der Waals surface area (Å²) in [5.41, 5.74) is 0. The fourth-order valence-electron chi connectivity index (χ4n) is 1.10. The van der Waals surface area contributed by atoms with Gasteiger partial charge < -0.3 is 5.11 Å². The molecule has 0 spiro atoms. The first-order valence-electron chi connectivity index (χ1n) is 4.03. The van der Waals surface area contributed by atoms with Crippen LogP contribution in [0.1, 0.15) is 28.6 Å². The topological polar surface area (TPSA) is 50.2 Å². The van der Waals surface area contributed by atoms with Crippen molar-refractivity contribution >= 4 is 33.2 Å². The molecule has 13 heavy (non-hydrogen) atoms. The molecule has 1 saturated carbocycles. The Bertz CT molecular complexity index is 346. The molecule has 1 fully saturated rings. The van der Waals surface area contributed by atoms with Crippen molar-refractivity contribution in [1.29, 1.82) is 0 Å². The van der Waals surface area contributed by atoms with E-state index in [9.17, 15) is 4.79 Å². The Morgan fingerprint density at radius 1 is 1.69 bits per heavy atom. The maximum atomic E-state index is 10.5. The first-order valence-corrected chi connectivity index (χ1v) is 5.64. The van der Waals surface area contributed by atoms with E-state index < -0.39 is 5.97 Å². The van der Waals surface area contributed by atoms with Gasteiger partial charge in [-0.1, -0.05) is 0 Å². The second-order valence-electron chi connectivity index (χ2n) is 3.11. The van der Waals surface area contributed by atoms with Crippen molar-refractivity contribution in [3.05, 3.63) is 14.5 Å². The van der Waals surface area contributed by atoms with E-state index >= 15 is 0 Å². The monoisotopic (exact) mass is 261 g/mol. The normalized spacial score (nSPS) is 16.1. The maximum Gasteiger partial charge on any atom is 0.308 e. The SMILES string of the molecule is O=C(O)Cc1sc(C2CC2)nc1Br. The van der Waals surface area contributed by atoms with Crippen LogP contribution in [-0.2, 0) is 11.2 Å². The summed E-state index contributed by atoms with van der Waals surface area (Å²) in [5, 5.41) is 9.70. The van der Waals surface area contributed by atoms with Gasteiger partial charge in [0.1, 0.15) is 4.60 Å². The van der Waals surface area contributed by atoms with Gasteiger partial charge in [0.05, 0.1) is 16.3 Å². The molecule has 2 rings (SSSR count). The van der Waals surface area contributed by atoms with Crippen molar-refractivity contribution in [1.82, 2.24) is 4.98 Å². The fourth-order valence-corrected chi connectivity index (χ4v) is 2.91. The van der Waals surface area contributed by atoms with Crippen LogP contribution in [0, 0.1) is 0 Å². The zero-order valence-electron chi connectivity index (χ0n) is 6.79. The van der Waals surface area contributed by atoms with Gasteiger partial charge in [0.25, 0.3) is 0 Å². The van der Waals surface area contributed by atoms with Gasteiger partial charge in [-0.15, -0.1) is 11.3 Å². The minimum Gasteiger partial charge on any atom is -0.481 e. The van der Waals surface area contributed by atoms with Crippen LogP contribution in [0.5, 0.6) is 0 Å². The number of nitrogens with zero attached hydrogens (tertiary/aromatic N) is 1. The van der Waals surface area contributed by atoms with Crippen LogP contribution in [0.3, 0.4) is 0 Å². The lowest BCUT2D eigenvalue weighted by atomic mass is 10.4. The molecule has 1 aromatic rings. The Morgan fingerprint density at radius 2 is 2.38 bits per heavy atom. The van der Waals surface area contributed by atoms with Gasteiger partial charge in [0.2, 0.25) is 0 Å². The number of aromatic nitrogens is 1. The number of hydrogen-bond donors (Lipinski definition) is 1. The van der Waals surface area contributed by atoms with E-state index in [1.54, 1.807) is 0 Å². The number of carbonyl (C=O) groups is 1. The summed E-state index contributed by atoms with van der Waals surface area (Å²) in [6.07, 6.45) is 2.48. The van der Waals surface area contributed by atoms with Gasteiger partial charge >= 0.3 is 5.97 Å². The number of rotatable bonds is 3. The molecule has 0 aliphatic heterocycles.